The lowest BCUT2D eigenvalue weighted by Crippen LogP contribution is -2.05. The number of ketones is 1. The molecule has 1 aromatic rings. The molecular formula is C11H12FNO. The van der Waals surface area contributed by atoms with Crippen LogP contribution in [0.1, 0.15) is 29.3 Å². The highest BCUT2D eigenvalue weighted by Gasteiger charge is 2.12. The first kappa shape index (κ1) is 10.6. The minimum absolute atomic E-state index is 0.0665. The van der Waals surface area contributed by atoms with E-state index in [1.807, 2.05) is 0 Å². The Labute approximate surface area is 82.5 Å². The lowest BCUT2D eigenvalue weighted by atomic mass is 10.0. The van der Waals surface area contributed by atoms with E-state index in [2.05, 4.69) is 11.6 Å². The number of carbonyl (C=O) groups is 1. The first-order valence-electron chi connectivity index (χ1n) is 4.48. The van der Waals surface area contributed by atoms with Crippen LogP contribution in [0.2, 0.25) is 0 Å². The van der Waals surface area contributed by atoms with Gasteiger partial charge in [0.2, 0.25) is 5.95 Å². The maximum Gasteiger partial charge on any atom is 0.217 e. The third kappa shape index (κ3) is 2.05. The Morgan fingerprint density at radius 2 is 2.43 bits per heavy atom. The number of pyridine rings is 1. The van der Waals surface area contributed by atoms with Crippen molar-refractivity contribution >= 4 is 5.78 Å². The summed E-state index contributed by atoms with van der Waals surface area (Å²) in [4.78, 5) is 14.9. The number of rotatable bonds is 4. The van der Waals surface area contributed by atoms with Gasteiger partial charge in [0.1, 0.15) is 0 Å². The van der Waals surface area contributed by atoms with Crippen molar-refractivity contribution in [1.82, 2.24) is 4.98 Å². The summed E-state index contributed by atoms with van der Waals surface area (Å²) < 4.78 is 13.2. The minimum Gasteiger partial charge on any atom is -0.294 e. The van der Waals surface area contributed by atoms with Gasteiger partial charge in [-0.05, 0) is 12.5 Å². The normalized spacial score (nSPS) is 9.86. The van der Waals surface area contributed by atoms with Crippen molar-refractivity contribution in [1.29, 1.82) is 0 Å². The predicted octanol–water partition coefficient (Wildman–Crippen LogP) is 2.54. The molecule has 0 aliphatic carbocycles. The first-order chi connectivity index (χ1) is 6.70. The summed E-state index contributed by atoms with van der Waals surface area (Å²) in [6.07, 6.45) is 3.58. The fourth-order valence-electron chi connectivity index (χ4n) is 1.26. The largest absolute Gasteiger partial charge is 0.294 e. The molecule has 0 amide bonds. The fraction of sp³-hybridized carbons (Fsp3) is 0.273. The second-order valence-corrected chi connectivity index (χ2v) is 2.90. The standard InChI is InChI=1S/C11H12FNO/c1-3-5-9-8(10(14)4-2)6-7-13-11(9)12/h3,6-7H,1,4-5H2,2H3. The average Bonchev–Trinajstić information content (AvgIpc) is 2.20. The van der Waals surface area contributed by atoms with Crippen molar-refractivity contribution in [3.8, 4) is 0 Å². The van der Waals surface area contributed by atoms with Gasteiger partial charge in [0.15, 0.2) is 5.78 Å². The molecule has 3 heteroatoms. The summed E-state index contributed by atoms with van der Waals surface area (Å²) in [5.74, 6) is -0.646. The Hall–Kier alpha value is -1.51. The highest BCUT2D eigenvalue weighted by atomic mass is 19.1. The lowest BCUT2D eigenvalue weighted by Gasteiger charge is -2.05. The summed E-state index contributed by atoms with van der Waals surface area (Å²) >= 11 is 0. The van der Waals surface area contributed by atoms with E-state index in [1.54, 1.807) is 19.1 Å². The maximum atomic E-state index is 13.2. The van der Waals surface area contributed by atoms with Crippen molar-refractivity contribution in [2.45, 2.75) is 19.8 Å². The van der Waals surface area contributed by atoms with Gasteiger partial charge in [0, 0.05) is 23.7 Å². The van der Waals surface area contributed by atoms with Crippen LogP contribution in [0.15, 0.2) is 24.9 Å². The van der Waals surface area contributed by atoms with Crippen molar-refractivity contribution in [3.05, 3.63) is 42.0 Å². The van der Waals surface area contributed by atoms with Gasteiger partial charge >= 0.3 is 0 Å². The van der Waals surface area contributed by atoms with Crippen molar-refractivity contribution < 1.29 is 9.18 Å². The minimum atomic E-state index is -0.579. The molecule has 0 unspecified atom stereocenters. The van der Waals surface area contributed by atoms with E-state index < -0.39 is 5.95 Å². The van der Waals surface area contributed by atoms with E-state index in [0.717, 1.165) is 0 Å². The van der Waals surface area contributed by atoms with Crippen molar-refractivity contribution in [2.24, 2.45) is 0 Å². The summed E-state index contributed by atoms with van der Waals surface area (Å²) in [5.41, 5.74) is 0.759. The molecule has 0 radical (unpaired) electrons. The van der Waals surface area contributed by atoms with Crippen molar-refractivity contribution in [3.63, 3.8) is 0 Å². The zero-order valence-electron chi connectivity index (χ0n) is 8.09. The second-order valence-electron chi connectivity index (χ2n) is 2.90. The number of hydrogen-bond donors (Lipinski definition) is 0. The number of nitrogens with zero attached hydrogens (tertiary/aromatic N) is 1. The molecule has 0 aliphatic heterocycles. The Morgan fingerprint density at radius 1 is 1.71 bits per heavy atom. The Balaban J connectivity index is 3.20. The maximum absolute atomic E-state index is 13.2. The molecule has 0 aliphatic rings. The summed E-state index contributed by atoms with van der Waals surface area (Å²) in [5, 5.41) is 0. The van der Waals surface area contributed by atoms with Gasteiger partial charge in [-0.2, -0.15) is 4.39 Å². The third-order valence-corrected chi connectivity index (χ3v) is 1.97. The smallest absolute Gasteiger partial charge is 0.217 e. The zero-order valence-corrected chi connectivity index (χ0v) is 8.09. The molecule has 0 bridgehead atoms. The molecule has 74 valence electrons. The van der Waals surface area contributed by atoms with Crippen LogP contribution in [0.4, 0.5) is 4.39 Å². The predicted molar refractivity (Wildman–Crippen MR) is 52.7 cm³/mol. The molecule has 2 nitrogen and oxygen atoms in total. The molecule has 1 rings (SSSR count). The average molecular weight is 193 g/mol. The van der Waals surface area contributed by atoms with Gasteiger partial charge in [-0.1, -0.05) is 13.0 Å². The van der Waals surface area contributed by atoms with E-state index in [9.17, 15) is 9.18 Å². The van der Waals surface area contributed by atoms with Crippen LogP contribution in [0.3, 0.4) is 0 Å². The summed E-state index contributed by atoms with van der Waals surface area (Å²) in [7, 11) is 0. The second kappa shape index (κ2) is 4.65. The molecule has 1 aromatic heterocycles. The van der Waals surface area contributed by atoms with E-state index >= 15 is 0 Å². The van der Waals surface area contributed by atoms with Gasteiger partial charge in [0.05, 0.1) is 0 Å². The van der Waals surface area contributed by atoms with Gasteiger partial charge < -0.3 is 0 Å². The lowest BCUT2D eigenvalue weighted by molar-refractivity contribution is 0.0986. The van der Waals surface area contributed by atoms with Crippen LogP contribution < -0.4 is 0 Å². The van der Waals surface area contributed by atoms with Gasteiger partial charge in [-0.15, -0.1) is 6.58 Å². The van der Waals surface area contributed by atoms with E-state index in [4.69, 9.17) is 0 Å². The molecule has 0 atom stereocenters. The molecule has 0 saturated heterocycles. The molecule has 0 spiro atoms. The number of aromatic nitrogens is 1. The van der Waals surface area contributed by atoms with Gasteiger partial charge in [-0.3, -0.25) is 4.79 Å². The highest BCUT2D eigenvalue weighted by Crippen LogP contribution is 2.14. The Kier molecular flexibility index (Phi) is 3.51. The molecule has 0 saturated carbocycles. The van der Waals surface area contributed by atoms with Gasteiger partial charge in [-0.25, -0.2) is 4.98 Å². The zero-order chi connectivity index (χ0) is 10.6. The van der Waals surface area contributed by atoms with E-state index in [0.29, 0.717) is 24.0 Å². The van der Waals surface area contributed by atoms with Crippen LogP contribution in [0.5, 0.6) is 0 Å². The van der Waals surface area contributed by atoms with Crippen LogP contribution in [0, 0.1) is 5.95 Å². The van der Waals surface area contributed by atoms with Crippen LogP contribution in [-0.4, -0.2) is 10.8 Å². The quantitative estimate of drug-likeness (QED) is 0.418. The molecule has 1 heterocycles. The Morgan fingerprint density at radius 3 is 3.00 bits per heavy atom. The van der Waals surface area contributed by atoms with Crippen LogP contribution in [0.25, 0.3) is 0 Å². The molecule has 0 N–H and O–H groups in total. The molecule has 14 heavy (non-hydrogen) atoms. The fourth-order valence-corrected chi connectivity index (χ4v) is 1.26. The first-order valence-corrected chi connectivity index (χ1v) is 4.48. The van der Waals surface area contributed by atoms with E-state index in [-0.39, 0.29) is 5.78 Å². The monoisotopic (exact) mass is 193 g/mol. The van der Waals surface area contributed by atoms with E-state index in [1.165, 1.54) is 6.20 Å². The number of allylic oxidation sites excluding steroid dienone is 1. The Bertz CT molecular complexity index is 360. The molecular weight excluding hydrogens is 181 g/mol. The number of carbonyl (C=O) groups excluding carboxylic acids is 1. The number of Topliss-reactive ketones (excluding diaryl/α,β-unsaturated/α-hetero) is 1. The van der Waals surface area contributed by atoms with Crippen LogP contribution >= 0.6 is 0 Å². The molecule has 0 fully saturated rings. The topological polar surface area (TPSA) is 30.0 Å². The third-order valence-electron chi connectivity index (χ3n) is 1.97. The summed E-state index contributed by atoms with van der Waals surface area (Å²) in [6.45, 7) is 5.27. The van der Waals surface area contributed by atoms with Crippen LogP contribution in [-0.2, 0) is 6.42 Å². The van der Waals surface area contributed by atoms with Crippen molar-refractivity contribution in [2.75, 3.05) is 0 Å². The molecule has 0 aromatic carbocycles. The summed E-state index contributed by atoms with van der Waals surface area (Å²) in [6, 6.07) is 1.55. The number of halogens is 1. The highest BCUT2D eigenvalue weighted by molar-refractivity contribution is 5.97. The SMILES string of the molecule is C=CCc1c(C(=O)CC)ccnc1F. The number of hydrogen-bond acceptors (Lipinski definition) is 2. The van der Waals surface area contributed by atoms with Gasteiger partial charge in [0.25, 0.3) is 0 Å².